The predicted octanol–water partition coefficient (Wildman–Crippen LogP) is 4.66. The lowest BCUT2D eigenvalue weighted by atomic mass is 10.1. The summed E-state index contributed by atoms with van der Waals surface area (Å²) in [7, 11) is 0. The minimum absolute atomic E-state index is 0.172. The summed E-state index contributed by atoms with van der Waals surface area (Å²) in [4.78, 5) is 13.8. The average Bonchev–Trinajstić information content (AvgIpc) is 3.19. The van der Waals surface area contributed by atoms with E-state index < -0.39 is 18.8 Å². The zero-order chi connectivity index (χ0) is 20.4. The molecule has 10 heteroatoms. The lowest BCUT2D eigenvalue weighted by Crippen LogP contribution is -2.43. The fourth-order valence-electron chi connectivity index (χ4n) is 2.95. The summed E-state index contributed by atoms with van der Waals surface area (Å²) in [6, 6.07) is 10.3. The number of anilines is 3. The maximum atomic E-state index is 13.2. The molecule has 0 radical (unpaired) electrons. The number of pyridine rings is 1. The molecule has 1 saturated heterocycles. The molecule has 3 heterocycles. The van der Waals surface area contributed by atoms with E-state index in [0.29, 0.717) is 27.9 Å². The number of ether oxygens (including phenoxy) is 1. The van der Waals surface area contributed by atoms with Gasteiger partial charge in [-0.15, -0.1) is 0 Å². The average molecular weight is 422 g/mol. The molecular formula is C19H15ClF3N5O. The Morgan fingerprint density at radius 2 is 1.93 bits per heavy atom. The van der Waals surface area contributed by atoms with Gasteiger partial charge in [0.25, 0.3) is 0 Å². The number of benzene rings is 1. The van der Waals surface area contributed by atoms with Crippen molar-refractivity contribution in [2.45, 2.75) is 12.2 Å². The maximum absolute atomic E-state index is 13.2. The number of halogens is 4. The first-order chi connectivity index (χ1) is 13.9. The smallest absolute Gasteiger partial charge is 0.359 e. The van der Waals surface area contributed by atoms with Crippen LogP contribution in [0.15, 0.2) is 54.9 Å². The molecule has 2 aromatic heterocycles. The molecule has 3 aromatic rings. The Bertz CT molecular complexity index is 1020. The Hall–Kier alpha value is -2.91. The van der Waals surface area contributed by atoms with Gasteiger partial charge in [-0.25, -0.2) is 15.0 Å². The van der Waals surface area contributed by atoms with Crippen molar-refractivity contribution in [2.24, 2.45) is 0 Å². The molecule has 1 aliphatic heterocycles. The highest BCUT2D eigenvalue weighted by molar-refractivity contribution is 6.30. The molecule has 0 amide bonds. The van der Waals surface area contributed by atoms with Gasteiger partial charge in [-0.3, -0.25) is 0 Å². The first-order valence-corrected chi connectivity index (χ1v) is 9.01. The summed E-state index contributed by atoms with van der Waals surface area (Å²) in [5.74, 6) is 0.506. The van der Waals surface area contributed by atoms with Crippen LogP contribution in [0.4, 0.5) is 30.6 Å². The van der Waals surface area contributed by atoms with Crippen molar-refractivity contribution < 1.29 is 17.9 Å². The number of rotatable bonds is 4. The summed E-state index contributed by atoms with van der Waals surface area (Å²) >= 11 is 5.98. The van der Waals surface area contributed by atoms with Crippen LogP contribution in [0, 0.1) is 0 Å². The van der Waals surface area contributed by atoms with Crippen molar-refractivity contribution in [3.8, 4) is 11.3 Å². The second kappa shape index (κ2) is 7.84. The quantitative estimate of drug-likeness (QED) is 0.661. The SMILES string of the molecule is FC(F)(F)C1COCN1c1cc(-c2ccnc(Nc3cccc(Cl)c3)n2)ccn1. The number of alkyl halides is 3. The highest BCUT2D eigenvalue weighted by Crippen LogP contribution is 2.33. The van der Waals surface area contributed by atoms with Crippen molar-refractivity contribution in [1.29, 1.82) is 0 Å². The Morgan fingerprint density at radius 1 is 1.10 bits per heavy atom. The molecule has 1 aromatic carbocycles. The topological polar surface area (TPSA) is 63.2 Å². The third kappa shape index (κ3) is 4.41. The summed E-state index contributed by atoms with van der Waals surface area (Å²) in [6.45, 7) is -0.595. The number of hydrogen-bond donors (Lipinski definition) is 1. The van der Waals surface area contributed by atoms with E-state index in [4.69, 9.17) is 16.3 Å². The molecule has 4 rings (SSSR count). The molecule has 6 nitrogen and oxygen atoms in total. The third-order valence-corrected chi connectivity index (χ3v) is 4.57. The standard InChI is InChI=1S/C19H15ClF3N5O/c20-13-2-1-3-14(9-13)26-18-25-7-5-15(27-18)12-4-6-24-17(8-12)28-11-29-10-16(28)19(21,22)23/h1-9,16H,10-11H2,(H,25,26,27). The van der Waals surface area contributed by atoms with Gasteiger partial charge in [0.1, 0.15) is 12.5 Å². The highest BCUT2D eigenvalue weighted by Gasteiger charge is 2.47. The molecule has 0 spiro atoms. The van der Waals surface area contributed by atoms with Crippen LogP contribution in [0.25, 0.3) is 11.3 Å². The molecule has 0 aliphatic carbocycles. The molecule has 1 aliphatic rings. The fraction of sp³-hybridized carbons (Fsp3) is 0.211. The van der Waals surface area contributed by atoms with Gasteiger partial charge in [0.15, 0.2) is 6.04 Å². The van der Waals surface area contributed by atoms with Crippen molar-refractivity contribution in [3.05, 3.63) is 59.9 Å². The number of hydrogen-bond acceptors (Lipinski definition) is 6. The van der Waals surface area contributed by atoms with Crippen LogP contribution < -0.4 is 10.2 Å². The van der Waals surface area contributed by atoms with Crippen LogP contribution in [0.5, 0.6) is 0 Å². The molecule has 1 fully saturated rings. The monoisotopic (exact) mass is 421 g/mol. The zero-order valence-electron chi connectivity index (χ0n) is 14.9. The van der Waals surface area contributed by atoms with Crippen LogP contribution in [0.1, 0.15) is 0 Å². The van der Waals surface area contributed by atoms with Gasteiger partial charge in [0.2, 0.25) is 5.95 Å². The van der Waals surface area contributed by atoms with E-state index in [1.165, 1.54) is 6.20 Å². The van der Waals surface area contributed by atoms with Crippen molar-refractivity contribution >= 4 is 29.1 Å². The Kier molecular flexibility index (Phi) is 5.25. The summed E-state index contributed by atoms with van der Waals surface area (Å²) in [5, 5.41) is 3.62. The minimum atomic E-state index is -4.41. The molecule has 1 N–H and O–H groups in total. The largest absolute Gasteiger partial charge is 0.411 e. The Labute approximate surface area is 169 Å². The number of nitrogens with zero attached hydrogens (tertiary/aromatic N) is 4. The maximum Gasteiger partial charge on any atom is 0.411 e. The fourth-order valence-corrected chi connectivity index (χ4v) is 3.14. The molecular weight excluding hydrogens is 407 g/mol. The minimum Gasteiger partial charge on any atom is -0.359 e. The first kappa shape index (κ1) is 19.4. The van der Waals surface area contributed by atoms with E-state index in [0.717, 1.165) is 4.90 Å². The van der Waals surface area contributed by atoms with E-state index in [-0.39, 0.29) is 12.5 Å². The predicted molar refractivity (Wildman–Crippen MR) is 103 cm³/mol. The van der Waals surface area contributed by atoms with Crippen LogP contribution >= 0.6 is 11.6 Å². The lowest BCUT2D eigenvalue weighted by molar-refractivity contribution is -0.147. The van der Waals surface area contributed by atoms with E-state index in [1.54, 1.807) is 42.6 Å². The molecule has 150 valence electrons. The third-order valence-electron chi connectivity index (χ3n) is 4.33. The van der Waals surface area contributed by atoms with Crippen LogP contribution in [0.3, 0.4) is 0 Å². The van der Waals surface area contributed by atoms with Gasteiger partial charge in [0, 0.05) is 28.7 Å². The van der Waals surface area contributed by atoms with Crippen LogP contribution in [0.2, 0.25) is 5.02 Å². The Morgan fingerprint density at radius 3 is 2.72 bits per heavy atom. The Balaban J connectivity index is 1.60. The van der Waals surface area contributed by atoms with Crippen molar-refractivity contribution in [2.75, 3.05) is 23.6 Å². The van der Waals surface area contributed by atoms with Crippen LogP contribution in [-0.4, -0.2) is 40.5 Å². The molecule has 1 unspecified atom stereocenters. The van der Waals surface area contributed by atoms with E-state index in [1.807, 2.05) is 6.07 Å². The molecule has 29 heavy (non-hydrogen) atoms. The lowest BCUT2D eigenvalue weighted by Gasteiger charge is -2.25. The molecule has 1 atom stereocenters. The van der Waals surface area contributed by atoms with E-state index in [9.17, 15) is 13.2 Å². The number of aromatic nitrogens is 3. The summed E-state index contributed by atoms with van der Waals surface area (Å²) in [5.41, 5.74) is 1.86. The van der Waals surface area contributed by atoms with E-state index >= 15 is 0 Å². The van der Waals surface area contributed by atoms with Crippen molar-refractivity contribution in [3.63, 3.8) is 0 Å². The van der Waals surface area contributed by atoms with Crippen LogP contribution in [-0.2, 0) is 4.74 Å². The second-order valence-electron chi connectivity index (χ2n) is 6.33. The van der Waals surface area contributed by atoms with Gasteiger partial charge >= 0.3 is 6.18 Å². The van der Waals surface area contributed by atoms with E-state index in [2.05, 4.69) is 20.3 Å². The van der Waals surface area contributed by atoms with Gasteiger partial charge < -0.3 is 15.0 Å². The van der Waals surface area contributed by atoms with Gasteiger partial charge in [-0.2, -0.15) is 13.2 Å². The molecule has 0 bridgehead atoms. The summed E-state index contributed by atoms with van der Waals surface area (Å²) < 4.78 is 44.7. The van der Waals surface area contributed by atoms with Gasteiger partial charge in [-0.05, 0) is 36.4 Å². The van der Waals surface area contributed by atoms with Crippen molar-refractivity contribution in [1.82, 2.24) is 15.0 Å². The van der Waals surface area contributed by atoms with Gasteiger partial charge in [-0.1, -0.05) is 17.7 Å². The number of nitrogens with one attached hydrogen (secondary N) is 1. The summed E-state index contributed by atoms with van der Waals surface area (Å²) in [6.07, 6.45) is -1.40. The zero-order valence-corrected chi connectivity index (χ0v) is 15.7. The highest BCUT2D eigenvalue weighted by atomic mass is 35.5. The normalized spacial score (nSPS) is 16.8. The first-order valence-electron chi connectivity index (χ1n) is 8.63. The second-order valence-corrected chi connectivity index (χ2v) is 6.77. The van der Waals surface area contributed by atoms with Gasteiger partial charge in [0.05, 0.1) is 12.3 Å². The molecule has 0 saturated carbocycles.